The number of benzene rings is 2. The topological polar surface area (TPSA) is 63.7 Å². The second kappa shape index (κ2) is 5.62. The predicted octanol–water partition coefficient (Wildman–Crippen LogP) is 2.62. The van der Waals surface area contributed by atoms with Gasteiger partial charge in [0.1, 0.15) is 0 Å². The number of hydrogen-bond acceptors (Lipinski definition) is 4. The van der Waals surface area contributed by atoms with E-state index in [4.69, 9.17) is 4.74 Å². The maximum atomic E-state index is 13.2. The van der Waals surface area contributed by atoms with Crippen molar-refractivity contribution in [3.8, 4) is 0 Å². The lowest BCUT2D eigenvalue weighted by Gasteiger charge is -2.36. The van der Waals surface area contributed by atoms with E-state index >= 15 is 0 Å². The molecule has 1 aliphatic heterocycles. The molecular formula is C19H17NO4S. The quantitative estimate of drug-likeness (QED) is 0.831. The van der Waals surface area contributed by atoms with Crippen LogP contribution in [0.25, 0.3) is 0 Å². The van der Waals surface area contributed by atoms with Crippen molar-refractivity contribution in [1.29, 1.82) is 0 Å². The van der Waals surface area contributed by atoms with Crippen LogP contribution in [0.5, 0.6) is 0 Å². The molecule has 1 saturated heterocycles. The maximum Gasteiger partial charge on any atom is 0.246 e. The van der Waals surface area contributed by atoms with Crippen molar-refractivity contribution in [3.05, 3.63) is 77.4 Å². The number of nitrogens with zero attached hydrogens (tertiary/aromatic N) is 1. The monoisotopic (exact) mass is 355 g/mol. The van der Waals surface area contributed by atoms with Crippen LogP contribution in [0.15, 0.2) is 65.6 Å². The fourth-order valence-corrected chi connectivity index (χ4v) is 5.00. The first kappa shape index (κ1) is 16.2. The molecule has 0 amide bonds. The Kier molecular flexibility index (Phi) is 3.64. The summed E-state index contributed by atoms with van der Waals surface area (Å²) in [6, 6.07) is 13.7. The zero-order valence-corrected chi connectivity index (χ0v) is 14.5. The predicted molar refractivity (Wildman–Crippen MR) is 92.6 cm³/mol. The van der Waals surface area contributed by atoms with Gasteiger partial charge in [-0.2, -0.15) is 4.31 Å². The first-order chi connectivity index (χ1) is 11.9. The summed E-state index contributed by atoms with van der Waals surface area (Å²) in [6.07, 6.45) is 2.95. The van der Waals surface area contributed by atoms with Crippen LogP contribution < -0.4 is 0 Å². The van der Waals surface area contributed by atoms with Crippen LogP contribution in [0.2, 0.25) is 0 Å². The summed E-state index contributed by atoms with van der Waals surface area (Å²) in [6.45, 7) is 2.39. The van der Waals surface area contributed by atoms with E-state index in [-0.39, 0.29) is 23.8 Å². The molecule has 1 aliphatic carbocycles. The average molecular weight is 355 g/mol. The second-order valence-electron chi connectivity index (χ2n) is 6.18. The van der Waals surface area contributed by atoms with Gasteiger partial charge in [0.25, 0.3) is 0 Å². The summed E-state index contributed by atoms with van der Waals surface area (Å²) in [7, 11) is -3.78. The number of ether oxygens (including phenoxy) is 1. The van der Waals surface area contributed by atoms with Gasteiger partial charge in [-0.25, -0.2) is 8.42 Å². The van der Waals surface area contributed by atoms with Gasteiger partial charge < -0.3 is 4.74 Å². The summed E-state index contributed by atoms with van der Waals surface area (Å²) in [5.74, 6) is -0.149. The molecule has 1 spiro atoms. The number of ketones is 1. The van der Waals surface area contributed by atoms with Crippen LogP contribution in [0.1, 0.15) is 21.5 Å². The van der Waals surface area contributed by atoms with Gasteiger partial charge in [0.2, 0.25) is 10.0 Å². The van der Waals surface area contributed by atoms with Crippen LogP contribution in [0.4, 0.5) is 0 Å². The lowest BCUT2D eigenvalue weighted by molar-refractivity contribution is -0.0115. The highest BCUT2D eigenvalue weighted by atomic mass is 32.2. The van der Waals surface area contributed by atoms with Crippen LogP contribution in [-0.2, 0) is 20.5 Å². The first-order valence-electron chi connectivity index (χ1n) is 8.02. The van der Waals surface area contributed by atoms with E-state index in [1.54, 1.807) is 54.6 Å². The van der Waals surface area contributed by atoms with Crippen molar-refractivity contribution >= 4 is 15.8 Å². The number of rotatable bonds is 2. The van der Waals surface area contributed by atoms with Crippen molar-refractivity contribution in [1.82, 2.24) is 4.31 Å². The molecule has 6 heteroatoms. The van der Waals surface area contributed by atoms with E-state index in [1.807, 2.05) is 6.92 Å². The third-order valence-corrected chi connectivity index (χ3v) is 6.54. The first-order valence-corrected chi connectivity index (χ1v) is 9.46. The van der Waals surface area contributed by atoms with Crippen LogP contribution in [0.3, 0.4) is 0 Å². The molecule has 0 radical (unpaired) electrons. The van der Waals surface area contributed by atoms with E-state index < -0.39 is 15.7 Å². The standard InChI is InChI=1S/C19H17NO4S/c1-14-6-8-15(9-7-14)25(22,23)20-12-13-24-19(20)11-10-18(21)16-4-2-3-5-17(16)19/h2-11H,12-13H2,1H3. The fraction of sp³-hybridized carbons (Fsp3) is 0.211. The minimum Gasteiger partial charge on any atom is -0.350 e. The highest BCUT2D eigenvalue weighted by Gasteiger charge is 2.51. The maximum absolute atomic E-state index is 13.2. The number of carbonyl (C=O) groups excluding carboxylic acids is 1. The number of carbonyl (C=O) groups is 1. The van der Waals surface area contributed by atoms with Crippen LogP contribution >= 0.6 is 0 Å². The van der Waals surface area contributed by atoms with Gasteiger partial charge in [-0.15, -0.1) is 0 Å². The Hall–Kier alpha value is -2.28. The lowest BCUT2D eigenvalue weighted by atomic mass is 9.89. The average Bonchev–Trinajstić information content (AvgIpc) is 3.05. The Morgan fingerprint density at radius 3 is 2.56 bits per heavy atom. The molecule has 2 aromatic rings. The normalized spacial score (nSPS) is 23.2. The van der Waals surface area contributed by atoms with Crippen molar-refractivity contribution in [3.63, 3.8) is 0 Å². The highest BCUT2D eigenvalue weighted by molar-refractivity contribution is 7.89. The largest absolute Gasteiger partial charge is 0.350 e. The van der Waals surface area contributed by atoms with Gasteiger partial charge in [-0.05, 0) is 31.2 Å². The van der Waals surface area contributed by atoms with Crippen LogP contribution in [-0.4, -0.2) is 31.7 Å². The Morgan fingerprint density at radius 1 is 1.08 bits per heavy atom. The lowest BCUT2D eigenvalue weighted by Crippen LogP contribution is -2.46. The van der Waals surface area contributed by atoms with Gasteiger partial charge in [0.05, 0.1) is 11.5 Å². The SMILES string of the molecule is Cc1ccc(S(=O)(=O)N2CCOC23C=CC(=O)c2ccccc23)cc1. The molecule has 2 aromatic carbocycles. The molecule has 0 saturated carbocycles. The zero-order valence-electron chi connectivity index (χ0n) is 13.7. The van der Waals surface area contributed by atoms with Gasteiger partial charge >= 0.3 is 0 Å². The third kappa shape index (κ3) is 2.37. The Labute approximate surface area is 146 Å². The fourth-order valence-electron chi connectivity index (χ4n) is 3.38. The van der Waals surface area contributed by atoms with E-state index in [0.29, 0.717) is 11.1 Å². The van der Waals surface area contributed by atoms with Gasteiger partial charge in [0, 0.05) is 17.7 Å². The molecule has 25 heavy (non-hydrogen) atoms. The van der Waals surface area contributed by atoms with Gasteiger partial charge in [-0.1, -0.05) is 42.0 Å². The third-order valence-electron chi connectivity index (χ3n) is 4.64. The molecule has 5 nitrogen and oxygen atoms in total. The molecule has 128 valence electrons. The number of allylic oxidation sites excluding steroid dienone is 1. The minimum atomic E-state index is -3.78. The molecule has 0 aromatic heterocycles. The molecule has 4 rings (SSSR count). The van der Waals surface area contributed by atoms with E-state index in [9.17, 15) is 13.2 Å². The van der Waals surface area contributed by atoms with Gasteiger partial charge in [-0.3, -0.25) is 4.79 Å². The highest BCUT2D eigenvalue weighted by Crippen LogP contribution is 2.43. The van der Waals surface area contributed by atoms with Crippen LogP contribution in [0, 0.1) is 6.92 Å². The second-order valence-corrected chi connectivity index (χ2v) is 8.04. The Morgan fingerprint density at radius 2 is 1.80 bits per heavy atom. The molecule has 1 atom stereocenters. The Bertz CT molecular complexity index is 979. The van der Waals surface area contributed by atoms with E-state index in [0.717, 1.165) is 5.56 Å². The van der Waals surface area contributed by atoms with E-state index in [2.05, 4.69) is 0 Å². The molecule has 1 fully saturated rings. The molecule has 1 heterocycles. The van der Waals surface area contributed by atoms with Crippen molar-refractivity contribution in [2.45, 2.75) is 17.5 Å². The summed E-state index contributed by atoms with van der Waals surface area (Å²) < 4.78 is 33.7. The minimum absolute atomic E-state index is 0.149. The van der Waals surface area contributed by atoms with Gasteiger partial charge in [0.15, 0.2) is 11.5 Å². The van der Waals surface area contributed by atoms with Crippen molar-refractivity contribution in [2.24, 2.45) is 0 Å². The summed E-state index contributed by atoms with van der Waals surface area (Å²) >= 11 is 0. The van der Waals surface area contributed by atoms with Crippen molar-refractivity contribution in [2.75, 3.05) is 13.2 Å². The zero-order chi connectivity index (χ0) is 17.7. The summed E-state index contributed by atoms with van der Waals surface area (Å²) in [5, 5.41) is 0. The Balaban J connectivity index is 1.88. The summed E-state index contributed by atoms with van der Waals surface area (Å²) in [4.78, 5) is 12.4. The number of fused-ring (bicyclic) bond motifs is 2. The van der Waals surface area contributed by atoms with Crippen molar-refractivity contribution < 1.29 is 17.9 Å². The number of aryl methyl sites for hydroxylation is 1. The van der Waals surface area contributed by atoms with E-state index in [1.165, 1.54) is 10.4 Å². The molecular weight excluding hydrogens is 338 g/mol. The molecule has 1 unspecified atom stereocenters. The molecule has 0 bridgehead atoms. The number of sulfonamides is 1. The smallest absolute Gasteiger partial charge is 0.246 e. The number of hydrogen-bond donors (Lipinski definition) is 0. The molecule has 0 N–H and O–H groups in total. The molecule has 2 aliphatic rings. The summed E-state index contributed by atoms with van der Waals surface area (Å²) in [5.41, 5.74) is 0.750.